The van der Waals surface area contributed by atoms with Gasteiger partial charge in [0.25, 0.3) is 0 Å². The van der Waals surface area contributed by atoms with Crippen molar-refractivity contribution in [2.75, 3.05) is 0 Å². The van der Waals surface area contributed by atoms with Gasteiger partial charge in [-0.15, -0.1) is 22.7 Å². The van der Waals surface area contributed by atoms with Crippen molar-refractivity contribution in [1.29, 1.82) is 0 Å². The number of carbonyl (C=O) groups excluding carboxylic acids is 2. The van der Waals surface area contributed by atoms with Crippen LogP contribution in [0.15, 0.2) is 42.0 Å². The number of amides is 2. The molecular weight excluding hydrogens is 492 g/mol. The lowest BCUT2D eigenvalue weighted by atomic mass is 10.2. The van der Waals surface area contributed by atoms with Crippen molar-refractivity contribution in [1.82, 2.24) is 10.9 Å². The standard InChI is InChI=1S/C15H14Br2N4O2S2/c16-12-6-4-10(24-12)8-18-20-14(22)2-1-3-15(23)21-19-9-11-5-7-13(17)25-11/h4-9H,1-3H2,(H,20,22)(H,21,23)/b18-8+,19-9+. The smallest absolute Gasteiger partial charge is 0.240 e. The van der Waals surface area contributed by atoms with Crippen LogP contribution in [0, 0.1) is 0 Å². The van der Waals surface area contributed by atoms with Crippen LogP contribution in [0.1, 0.15) is 29.0 Å². The van der Waals surface area contributed by atoms with E-state index in [1.807, 2.05) is 24.3 Å². The largest absolute Gasteiger partial charge is 0.273 e. The van der Waals surface area contributed by atoms with Crippen molar-refractivity contribution in [2.24, 2.45) is 10.2 Å². The summed E-state index contributed by atoms with van der Waals surface area (Å²) in [4.78, 5) is 25.1. The molecule has 2 aromatic rings. The van der Waals surface area contributed by atoms with Gasteiger partial charge in [-0.3, -0.25) is 9.59 Å². The summed E-state index contributed by atoms with van der Waals surface area (Å²) in [6.07, 6.45) is 4.04. The van der Waals surface area contributed by atoms with Crippen molar-refractivity contribution in [3.8, 4) is 0 Å². The number of nitrogens with one attached hydrogen (secondary N) is 2. The summed E-state index contributed by atoms with van der Waals surface area (Å²) < 4.78 is 2.00. The van der Waals surface area contributed by atoms with Gasteiger partial charge in [-0.25, -0.2) is 10.9 Å². The van der Waals surface area contributed by atoms with Gasteiger partial charge in [0.1, 0.15) is 0 Å². The molecule has 25 heavy (non-hydrogen) atoms. The fourth-order valence-electron chi connectivity index (χ4n) is 1.65. The number of hydrazone groups is 2. The molecule has 10 heteroatoms. The quantitative estimate of drug-likeness (QED) is 0.418. The third kappa shape index (κ3) is 8.04. The maximum Gasteiger partial charge on any atom is 0.240 e. The van der Waals surface area contributed by atoms with Gasteiger partial charge in [-0.05, 0) is 62.5 Å². The van der Waals surface area contributed by atoms with Crippen LogP contribution < -0.4 is 10.9 Å². The fraction of sp³-hybridized carbons (Fsp3) is 0.200. The maximum atomic E-state index is 11.6. The average Bonchev–Trinajstić information content (AvgIpc) is 3.16. The molecule has 0 saturated heterocycles. The lowest BCUT2D eigenvalue weighted by molar-refractivity contribution is -0.122. The molecule has 0 unspecified atom stereocenters. The molecule has 0 saturated carbocycles. The Hall–Kier alpha value is -1.36. The molecule has 0 atom stereocenters. The molecule has 0 fully saturated rings. The number of halogens is 2. The number of hydrogen-bond donors (Lipinski definition) is 2. The molecule has 2 heterocycles. The molecule has 0 aliphatic heterocycles. The second-order valence-corrected chi connectivity index (χ2v) is 9.71. The first kappa shape index (κ1) is 20.0. The summed E-state index contributed by atoms with van der Waals surface area (Å²) in [5.41, 5.74) is 4.88. The molecule has 0 spiro atoms. The van der Waals surface area contributed by atoms with E-state index in [0.29, 0.717) is 6.42 Å². The van der Waals surface area contributed by atoms with Gasteiger partial charge in [0.2, 0.25) is 11.8 Å². The van der Waals surface area contributed by atoms with Crippen LogP contribution in [-0.2, 0) is 9.59 Å². The summed E-state index contributed by atoms with van der Waals surface area (Å²) in [5.74, 6) is -0.460. The monoisotopic (exact) mass is 504 g/mol. The Labute approximate surface area is 169 Å². The molecule has 0 aliphatic rings. The lowest BCUT2D eigenvalue weighted by Gasteiger charge is -2.00. The van der Waals surface area contributed by atoms with Crippen molar-refractivity contribution in [3.05, 3.63) is 41.6 Å². The number of carbonyl (C=O) groups is 2. The number of thiophene rings is 2. The Bertz CT molecular complexity index is 722. The second kappa shape index (κ2) is 10.6. The highest BCUT2D eigenvalue weighted by Gasteiger charge is 2.04. The Morgan fingerprint density at radius 3 is 1.68 bits per heavy atom. The molecule has 0 radical (unpaired) electrons. The molecule has 2 aromatic heterocycles. The van der Waals surface area contributed by atoms with Crippen molar-refractivity contribution in [2.45, 2.75) is 19.3 Å². The zero-order valence-corrected chi connectivity index (χ0v) is 17.7. The van der Waals surface area contributed by atoms with E-state index >= 15 is 0 Å². The first-order valence-corrected chi connectivity index (χ1v) is 10.4. The normalized spacial score (nSPS) is 11.3. The van der Waals surface area contributed by atoms with Gasteiger partial charge in [0.05, 0.1) is 20.0 Å². The second-order valence-electron chi connectivity index (χ2n) is 4.72. The Balaban J connectivity index is 1.59. The summed E-state index contributed by atoms with van der Waals surface area (Å²) >= 11 is 9.74. The average molecular weight is 506 g/mol. The van der Waals surface area contributed by atoms with Crippen molar-refractivity contribution >= 4 is 78.8 Å². The SMILES string of the molecule is O=C(CCCC(=O)N/N=C/c1ccc(Br)s1)N/N=C/c1ccc(Br)s1. The topological polar surface area (TPSA) is 82.9 Å². The zero-order valence-electron chi connectivity index (χ0n) is 12.9. The van der Waals surface area contributed by atoms with Gasteiger partial charge in [0.15, 0.2) is 0 Å². The number of rotatable bonds is 8. The van der Waals surface area contributed by atoms with Crippen LogP contribution in [0.5, 0.6) is 0 Å². The highest BCUT2D eigenvalue weighted by atomic mass is 79.9. The van der Waals surface area contributed by atoms with E-state index in [1.54, 1.807) is 12.4 Å². The molecular formula is C15H14Br2N4O2S2. The van der Waals surface area contributed by atoms with Crippen molar-refractivity contribution in [3.63, 3.8) is 0 Å². The van der Waals surface area contributed by atoms with Gasteiger partial charge >= 0.3 is 0 Å². The summed E-state index contributed by atoms with van der Waals surface area (Å²) in [7, 11) is 0. The van der Waals surface area contributed by atoms with E-state index < -0.39 is 0 Å². The van der Waals surface area contributed by atoms with E-state index in [9.17, 15) is 9.59 Å². The Morgan fingerprint density at radius 1 is 0.880 bits per heavy atom. The highest BCUT2D eigenvalue weighted by molar-refractivity contribution is 9.11. The van der Waals surface area contributed by atoms with Crippen LogP contribution in [-0.4, -0.2) is 24.2 Å². The lowest BCUT2D eigenvalue weighted by Crippen LogP contribution is -2.20. The third-order valence-corrected chi connectivity index (χ3v) is 5.87. The first-order chi connectivity index (χ1) is 12.0. The minimum Gasteiger partial charge on any atom is -0.273 e. The molecule has 0 aliphatic carbocycles. The van der Waals surface area contributed by atoms with Crippen LogP contribution in [0.3, 0.4) is 0 Å². The molecule has 6 nitrogen and oxygen atoms in total. The summed E-state index contributed by atoms with van der Waals surface area (Å²) in [6, 6.07) is 7.60. The Kier molecular flexibility index (Phi) is 8.45. The molecule has 2 N–H and O–H groups in total. The van der Waals surface area contributed by atoms with E-state index in [-0.39, 0.29) is 24.7 Å². The van der Waals surface area contributed by atoms with Gasteiger partial charge < -0.3 is 0 Å². The van der Waals surface area contributed by atoms with E-state index in [1.165, 1.54) is 22.7 Å². The summed E-state index contributed by atoms with van der Waals surface area (Å²) in [5, 5.41) is 7.75. The maximum absolute atomic E-state index is 11.6. The third-order valence-electron chi connectivity index (χ3n) is 2.76. The molecule has 2 amide bonds. The first-order valence-electron chi connectivity index (χ1n) is 7.17. The zero-order chi connectivity index (χ0) is 18.1. The fourth-order valence-corrected chi connectivity index (χ4v) is 4.24. The molecule has 0 aromatic carbocycles. The van der Waals surface area contributed by atoms with Crippen LogP contribution in [0.2, 0.25) is 0 Å². The Morgan fingerprint density at radius 2 is 1.32 bits per heavy atom. The van der Waals surface area contributed by atoms with Gasteiger partial charge in [-0.2, -0.15) is 10.2 Å². The molecule has 0 bridgehead atoms. The minimum absolute atomic E-state index is 0.223. The molecule has 2 rings (SSSR count). The van der Waals surface area contributed by atoms with Gasteiger partial charge in [-0.1, -0.05) is 0 Å². The molecule has 132 valence electrons. The predicted molar refractivity (Wildman–Crippen MR) is 109 cm³/mol. The van der Waals surface area contributed by atoms with Crippen LogP contribution in [0.25, 0.3) is 0 Å². The van der Waals surface area contributed by atoms with Crippen LogP contribution in [0.4, 0.5) is 0 Å². The van der Waals surface area contributed by atoms with Crippen molar-refractivity contribution < 1.29 is 9.59 Å². The van der Waals surface area contributed by atoms with Gasteiger partial charge in [0, 0.05) is 22.6 Å². The number of nitrogens with zero attached hydrogens (tertiary/aromatic N) is 2. The highest BCUT2D eigenvalue weighted by Crippen LogP contribution is 2.20. The van der Waals surface area contributed by atoms with E-state index in [0.717, 1.165) is 17.3 Å². The predicted octanol–water partition coefficient (Wildman–Crippen LogP) is 4.11. The number of hydrogen-bond acceptors (Lipinski definition) is 6. The summed E-state index contributed by atoms with van der Waals surface area (Å²) in [6.45, 7) is 0. The van der Waals surface area contributed by atoms with E-state index in [4.69, 9.17) is 0 Å². The van der Waals surface area contributed by atoms with Crippen LogP contribution >= 0.6 is 54.5 Å². The minimum atomic E-state index is -0.230. The van der Waals surface area contributed by atoms with E-state index in [2.05, 4.69) is 52.9 Å².